The first-order valence-corrected chi connectivity index (χ1v) is 20.0. The van der Waals surface area contributed by atoms with Gasteiger partial charge in [0.05, 0.1) is 0 Å². The van der Waals surface area contributed by atoms with Gasteiger partial charge in [0, 0.05) is 24.5 Å². The largest absolute Gasteiger partial charge is 0.444 e. The van der Waals surface area contributed by atoms with Crippen LogP contribution in [0, 0.1) is 5.41 Å². The van der Waals surface area contributed by atoms with Crippen molar-refractivity contribution in [3.05, 3.63) is 71.8 Å². The number of carbonyl (C=O) groups excluding carboxylic acids is 4. The molecule has 0 bridgehead atoms. The summed E-state index contributed by atoms with van der Waals surface area (Å²) in [7, 11) is 0. The number of hydrogen-bond acceptors (Lipinski definition) is 6. The van der Waals surface area contributed by atoms with Gasteiger partial charge in [-0.2, -0.15) is 0 Å². The summed E-state index contributed by atoms with van der Waals surface area (Å²) >= 11 is 0. The van der Waals surface area contributed by atoms with Gasteiger partial charge in [-0.15, -0.1) is 0 Å². The third-order valence-electron chi connectivity index (χ3n) is 11.5. The highest BCUT2D eigenvalue weighted by molar-refractivity contribution is 5.98. The molecular formula is C45H56N4O6. The molecule has 10 nitrogen and oxygen atoms in total. The standard InChI is InChI=1S/C45H56N4O6/c1-43(2,3)54-41(52)48-25-9-11-37(48)39(50)46-31-17-13-29(14-18-31)33-21-22-34(36-28-45(27-35(33)36)23-7-8-24-45)30-15-19-32(20-16-30)47-40(51)38-12-10-26-49(38)42(53)55-44(4,5)6/h13-22,37-38H,7-12,23-28H2,1-6H3,(H,46,50)(H,47,51)/t37-,38-/m0/s1. The van der Waals surface area contributed by atoms with Crippen LogP contribution in [0.3, 0.4) is 0 Å². The van der Waals surface area contributed by atoms with E-state index < -0.39 is 35.5 Å². The molecule has 2 heterocycles. The molecule has 3 fully saturated rings. The van der Waals surface area contributed by atoms with Crippen LogP contribution in [0.15, 0.2) is 60.7 Å². The van der Waals surface area contributed by atoms with Gasteiger partial charge in [0.15, 0.2) is 0 Å². The smallest absolute Gasteiger partial charge is 0.410 e. The van der Waals surface area contributed by atoms with Gasteiger partial charge in [-0.1, -0.05) is 49.2 Å². The van der Waals surface area contributed by atoms with E-state index in [1.54, 1.807) is 9.80 Å². The SMILES string of the molecule is CC(C)(C)OC(=O)N1CCC[C@H]1C(=O)Nc1ccc(-c2ccc(-c3ccc(NC(=O)[C@@H]4CCCN4C(=O)OC(C)(C)C)cc3)c3c2CC2(CCCC2)C3)cc1. The van der Waals surface area contributed by atoms with Crippen LogP contribution < -0.4 is 10.6 Å². The molecule has 2 saturated heterocycles. The van der Waals surface area contributed by atoms with Crippen LogP contribution in [0.2, 0.25) is 0 Å². The van der Waals surface area contributed by atoms with Crippen molar-refractivity contribution in [3.8, 4) is 22.3 Å². The molecule has 4 amide bonds. The zero-order valence-electron chi connectivity index (χ0n) is 33.3. The summed E-state index contributed by atoms with van der Waals surface area (Å²) in [6.45, 7) is 12.0. The third kappa shape index (κ3) is 8.53. The maximum absolute atomic E-state index is 13.3. The van der Waals surface area contributed by atoms with Crippen LogP contribution in [0.5, 0.6) is 0 Å². The predicted molar refractivity (Wildman–Crippen MR) is 215 cm³/mol. The molecular weight excluding hydrogens is 693 g/mol. The normalized spacial score (nSPS) is 20.4. The van der Waals surface area contributed by atoms with Gasteiger partial charge >= 0.3 is 12.2 Å². The van der Waals surface area contributed by atoms with E-state index in [9.17, 15) is 19.2 Å². The molecule has 292 valence electrons. The van der Waals surface area contributed by atoms with E-state index >= 15 is 0 Å². The summed E-state index contributed by atoms with van der Waals surface area (Å²) in [5.41, 5.74) is 7.90. The van der Waals surface area contributed by atoms with Gasteiger partial charge in [0.2, 0.25) is 11.8 Å². The van der Waals surface area contributed by atoms with E-state index in [2.05, 4.69) is 47.0 Å². The average Bonchev–Trinajstić information content (AvgIpc) is 3.94. The number of nitrogens with one attached hydrogen (secondary N) is 2. The molecule has 3 aromatic rings. The van der Waals surface area contributed by atoms with E-state index in [4.69, 9.17) is 9.47 Å². The highest BCUT2D eigenvalue weighted by atomic mass is 16.6. The number of anilines is 2. The van der Waals surface area contributed by atoms with Gasteiger partial charge in [0.1, 0.15) is 23.3 Å². The Morgan fingerprint density at radius 3 is 1.33 bits per heavy atom. The summed E-state index contributed by atoms with van der Waals surface area (Å²) in [5, 5.41) is 6.08. The van der Waals surface area contributed by atoms with Crippen molar-refractivity contribution in [1.82, 2.24) is 9.80 Å². The van der Waals surface area contributed by atoms with Gasteiger partial charge in [-0.25, -0.2) is 9.59 Å². The molecule has 2 N–H and O–H groups in total. The van der Waals surface area contributed by atoms with Crippen molar-refractivity contribution in [2.45, 2.75) is 129 Å². The van der Waals surface area contributed by atoms with Crippen LogP contribution in [0.1, 0.15) is 104 Å². The van der Waals surface area contributed by atoms with E-state index in [0.717, 1.165) is 36.8 Å². The van der Waals surface area contributed by atoms with Crippen molar-refractivity contribution >= 4 is 35.4 Å². The number of amides is 4. The molecule has 7 rings (SSSR count). The lowest BCUT2D eigenvalue weighted by molar-refractivity contribution is -0.121. The second kappa shape index (κ2) is 15.0. The summed E-state index contributed by atoms with van der Waals surface area (Å²) in [5.74, 6) is -0.396. The van der Waals surface area contributed by atoms with Crippen LogP contribution in [0.25, 0.3) is 22.3 Å². The minimum atomic E-state index is -0.624. The molecule has 1 spiro atoms. The van der Waals surface area contributed by atoms with Gasteiger partial charge in [0.25, 0.3) is 0 Å². The highest BCUT2D eigenvalue weighted by Gasteiger charge is 2.42. The number of likely N-dealkylation sites (tertiary alicyclic amines) is 2. The number of benzene rings is 3. The van der Waals surface area contributed by atoms with Crippen LogP contribution in [-0.4, -0.2) is 70.2 Å². The first-order chi connectivity index (χ1) is 26.1. The molecule has 0 aromatic heterocycles. The first kappa shape index (κ1) is 38.4. The Labute approximate surface area is 325 Å². The molecule has 2 aliphatic heterocycles. The van der Waals surface area contributed by atoms with Gasteiger partial charge in [-0.05, 0) is 156 Å². The Balaban J connectivity index is 1.07. The Morgan fingerprint density at radius 2 is 0.964 bits per heavy atom. The molecule has 0 unspecified atom stereocenters. The summed E-state index contributed by atoms with van der Waals surface area (Å²) in [4.78, 5) is 55.3. The third-order valence-corrected chi connectivity index (χ3v) is 11.5. The van der Waals surface area contributed by atoms with E-state index in [-0.39, 0.29) is 17.2 Å². The maximum atomic E-state index is 13.3. The molecule has 3 aromatic carbocycles. The number of rotatable bonds is 6. The quantitative estimate of drug-likeness (QED) is 0.260. The van der Waals surface area contributed by atoms with E-state index in [0.29, 0.717) is 37.3 Å². The maximum Gasteiger partial charge on any atom is 0.410 e. The topological polar surface area (TPSA) is 117 Å². The minimum Gasteiger partial charge on any atom is -0.444 e. The molecule has 2 atom stereocenters. The summed E-state index contributed by atoms with van der Waals surface area (Å²) < 4.78 is 11.1. The Bertz CT molecular complexity index is 1800. The monoisotopic (exact) mass is 748 g/mol. The Morgan fingerprint density at radius 1 is 0.582 bits per heavy atom. The number of nitrogens with zero attached hydrogens (tertiary/aromatic N) is 2. The molecule has 10 heteroatoms. The number of ether oxygens (including phenoxy) is 2. The van der Waals surface area contributed by atoms with Gasteiger partial charge < -0.3 is 20.1 Å². The second-order valence-corrected chi connectivity index (χ2v) is 18.0. The lowest BCUT2D eigenvalue weighted by atomic mass is 9.82. The zero-order valence-corrected chi connectivity index (χ0v) is 33.3. The van der Waals surface area contributed by atoms with Crippen molar-refractivity contribution in [3.63, 3.8) is 0 Å². The Kier molecular flexibility index (Phi) is 10.5. The minimum absolute atomic E-state index is 0.198. The fourth-order valence-electron chi connectivity index (χ4n) is 9.00. The fraction of sp³-hybridized carbons (Fsp3) is 0.511. The summed E-state index contributed by atoms with van der Waals surface area (Å²) in [6.07, 6.45) is 8.93. The van der Waals surface area contributed by atoms with E-state index in [1.165, 1.54) is 47.9 Å². The predicted octanol–water partition coefficient (Wildman–Crippen LogP) is 9.36. The second-order valence-electron chi connectivity index (χ2n) is 18.0. The fourth-order valence-corrected chi connectivity index (χ4v) is 9.00. The van der Waals surface area contributed by atoms with Crippen LogP contribution in [0.4, 0.5) is 21.0 Å². The van der Waals surface area contributed by atoms with Crippen LogP contribution >= 0.6 is 0 Å². The first-order valence-electron chi connectivity index (χ1n) is 20.0. The zero-order chi connectivity index (χ0) is 39.1. The van der Waals surface area contributed by atoms with Crippen molar-refractivity contribution in [2.24, 2.45) is 5.41 Å². The highest BCUT2D eigenvalue weighted by Crippen LogP contribution is 2.53. The van der Waals surface area contributed by atoms with Crippen molar-refractivity contribution in [2.75, 3.05) is 23.7 Å². The van der Waals surface area contributed by atoms with Gasteiger partial charge in [-0.3, -0.25) is 19.4 Å². The Hall–Kier alpha value is -4.86. The van der Waals surface area contributed by atoms with Crippen LogP contribution in [-0.2, 0) is 31.9 Å². The number of carbonyl (C=O) groups is 4. The lowest BCUT2D eigenvalue weighted by Crippen LogP contribution is -2.45. The van der Waals surface area contributed by atoms with Crippen molar-refractivity contribution < 1.29 is 28.7 Å². The van der Waals surface area contributed by atoms with E-state index in [1.807, 2.05) is 65.8 Å². The molecule has 4 aliphatic rings. The molecule has 2 aliphatic carbocycles. The molecule has 1 saturated carbocycles. The average molecular weight is 749 g/mol. The molecule has 55 heavy (non-hydrogen) atoms. The number of hydrogen-bond donors (Lipinski definition) is 2. The molecule has 0 radical (unpaired) electrons. The number of fused-ring (bicyclic) bond motifs is 1. The van der Waals surface area contributed by atoms with Crippen molar-refractivity contribution in [1.29, 1.82) is 0 Å². The lowest BCUT2D eigenvalue weighted by Gasteiger charge is -2.28. The summed E-state index contributed by atoms with van der Waals surface area (Å²) in [6, 6.07) is 19.5.